The molecule has 2 aromatic carbocycles. The molecule has 0 bridgehead atoms. The van der Waals surface area contributed by atoms with Crippen molar-refractivity contribution >= 4 is 73.9 Å². The monoisotopic (exact) mass is 595 g/mol. The number of halogens is 4. The van der Waals surface area contributed by atoms with E-state index in [1.807, 2.05) is 20.8 Å². The van der Waals surface area contributed by atoms with Crippen LogP contribution in [-0.4, -0.2) is 49.5 Å². The third-order valence-corrected chi connectivity index (χ3v) is 7.49. The van der Waals surface area contributed by atoms with E-state index in [-0.39, 0.29) is 33.2 Å². The number of hydrogen-bond acceptors (Lipinski definition) is 4. The van der Waals surface area contributed by atoms with E-state index in [1.54, 1.807) is 31.2 Å². The number of sulfonamides is 1. The average Bonchev–Trinajstić information content (AvgIpc) is 2.74. The van der Waals surface area contributed by atoms with Crippen LogP contribution in [0.5, 0.6) is 0 Å². The Morgan fingerprint density at radius 2 is 1.53 bits per heavy atom. The zero-order valence-corrected chi connectivity index (χ0v) is 24.5. The first-order chi connectivity index (χ1) is 16.5. The van der Waals surface area contributed by atoms with Crippen LogP contribution < -0.4 is 9.62 Å². The highest BCUT2D eigenvalue weighted by atomic mass is 35.5. The largest absolute Gasteiger partial charge is 0.350 e. The van der Waals surface area contributed by atoms with Crippen LogP contribution in [0.4, 0.5) is 5.69 Å². The maximum atomic E-state index is 13.7. The van der Waals surface area contributed by atoms with Crippen LogP contribution in [-0.2, 0) is 26.2 Å². The summed E-state index contributed by atoms with van der Waals surface area (Å²) in [5, 5.41) is 3.64. The molecule has 0 spiro atoms. The number of benzene rings is 2. The van der Waals surface area contributed by atoms with Crippen molar-refractivity contribution in [3.05, 3.63) is 62.1 Å². The maximum absolute atomic E-state index is 13.7. The van der Waals surface area contributed by atoms with Gasteiger partial charge in [-0.1, -0.05) is 65.5 Å². The minimum Gasteiger partial charge on any atom is -0.350 e. The first-order valence-corrected chi connectivity index (χ1v) is 14.4. The number of carbonyl (C=O) groups is 2. The molecule has 1 atom stereocenters. The Hall–Kier alpha value is -1.71. The molecule has 0 aromatic heterocycles. The van der Waals surface area contributed by atoms with Crippen molar-refractivity contribution in [1.29, 1.82) is 0 Å². The van der Waals surface area contributed by atoms with Crippen molar-refractivity contribution in [1.82, 2.24) is 10.2 Å². The summed E-state index contributed by atoms with van der Waals surface area (Å²) in [5.41, 5.74) is 0.181. The highest BCUT2D eigenvalue weighted by Gasteiger charge is 2.33. The van der Waals surface area contributed by atoms with Gasteiger partial charge in [0, 0.05) is 17.1 Å². The van der Waals surface area contributed by atoms with E-state index >= 15 is 0 Å². The van der Waals surface area contributed by atoms with Gasteiger partial charge in [-0.25, -0.2) is 8.42 Å². The normalized spacial score (nSPS) is 12.7. The molecular weight excluding hydrogens is 568 g/mol. The quantitative estimate of drug-likeness (QED) is 0.371. The topological polar surface area (TPSA) is 86.8 Å². The summed E-state index contributed by atoms with van der Waals surface area (Å²) in [6, 6.07) is 8.55. The second-order valence-corrected chi connectivity index (χ2v) is 12.9. The molecule has 0 saturated carbocycles. The Bertz CT molecular complexity index is 1220. The summed E-state index contributed by atoms with van der Waals surface area (Å²) >= 11 is 24.4. The molecule has 0 heterocycles. The summed E-state index contributed by atoms with van der Waals surface area (Å²) < 4.78 is 26.3. The molecule has 12 heteroatoms. The summed E-state index contributed by atoms with van der Waals surface area (Å²) in [6.45, 7) is 6.73. The Morgan fingerprint density at radius 1 is 0.972 bits per heavy atom. The molecule has 1 N–H and O–H groups in total. The van der Waals surface area contributed by atoms with Gasteiger partial charge in [-0.15, -0.1) is 0 Å². The fourth-order valence-corrected chi connectivity index (χ4v) is 5.13. The zero-order chi connectivity index (χ0) is 27.4. The van der Waals surface area contributed by atoms with Crippen LogP contribution in [0.2, 0.25) is 20.1 Å². The summed E-state index contributed by atoms with van der Waals surface area (Å²) in [7, 11) is -3.98. The van der Waals surface area contributed by atoms with Gasteiger partial charge < -0.3 is 10.2 Å². The van der Waals surface area contributed by atoms with E-state index in [9.17, 15) is 18.0 Å². The first-order valence-electron chi connectivity index (χ1n) is 11.0. The van der Waals surface area contributed by atoms with E-state index in [2.05, 4.69) is 5.32 Å². The second-order valence-electron chi connectivity index (χ2n) is 9.30. The van der Waals surface area contributed by atoms with E-state index in [1.165, 1.54) is 17.0 Å². The highest BCUT2D eigenvalue weighted by Crippen LogP contribution is 2.35. The Kier molecular flexibility index (Phi) is 10.4. The molecule has 0 aliphatic heterocycles. The van der Waals surface area contributed by atoms with Crippen LogP contribution in [0.15, 0.2) is 36.4 Å². The standard InChI is InChI=1S/C24H29Cl4N3O4S/c1-6-20(23(33)29-24(2,3)4)30(13-15-7-9-16(25)10-8-15)22(32)14-31(36(5,34)35)21-12-18(27)17(26)11-19(21)28/h7-12,20H,6,13-14H2,1-5H3,(H,29,33). The first kappa shape index (κ1) is 30.5. The van der Waals surface area contributed by atoms with Crippen LogP contribution in [0, 0.1) is 0 Å². The smallest absolute Gasteiger partial charge is 0.244 e. The number of nitrogens with zero attached hydrogens (tertiary/aromatic N) is 2. The van der Waals surface area contributed by atoms with Crippen LogP contribution in [0.25, 0.3) is 0 Å². The Balaban J connectivity index is 2.52. The van der Waals surface area contributed by atoms with Crippen LogP contribution in [0.1, 0.15) is 39.7 Å². The molecular formula is C24H29Cl4N3O4S. The van der Waals surface area contributed by atoms with Crippen molar-refractivity contribution in [2.75, 3.05) is 17.1 Å². The lowest BCUT2D eigenvalue weighted by Crippen LogP contribution is -2.55. The molecule has 0 fully saturated rings. The van der Waals surface area contributed by atoms with E-state index < -0.39 is 34.1 Å². The molecule has 36 heavy (non-hydrogen) atoms. The van der Waals surface area contributed by atoms with E-state index in [4.69, 9.17) is 46.4 Å². The lowest BCUT2D eigenvalue weighted by molar-refractivity contribution is -0.141. The maximum Gasteiger partial charge on any atom is 0.244 e. The predicted octanol–water partition coefficient (Wildman–Crippen LogP) is 5.79. The molecule has 0 aliphatic rings. The minimum atomic E-state index is -3.98. The molecule has 0 saturated heterocycles. The van der Waals surface area contributed by atoms with Gasteiger partial charge in [0.15, 0.2) is 0 Å². The second kappa shape index (κ2) is 12.2. The minimum absolute atomic E-state index is 0.000510. The van der Waals surface area contributed by atoms with Gasteiger partial charge in [0.1, 0.15) is 12.6 Å². The molecule has 0 radical (unpaired) electrons. The predicted molar refractivity (Wildman–Crippen MR) is 148 cm³/mol. The Labute approximate surface area is 232 Å². The van der Waals surface area contributed by atoms with Crippen molar-refractivity contribution in [2.45, 2.75) is 52.2 Å². The third-order valence-electron chi connectivity index (χ3n) is 5.09. The average molecular weight is 597 g/mol. The fourth-order valence-electron chi connectivity index (χ4n) is 3.46. The van der Waals surface area contributed by atoms with Gasteiger partial charge in [0.05, 0.1) is 27.0 Å². The van der Waals surface area contributed by atoms with Gasteiger partial charge in [0.25, 0.3) is 0 Å². The van der Waals surface area contributed by atoms with Crippen LogP contribution in [0.3, 0.4) is 0 Å². The molecule has 0 aliphatic carbocycles. The molecule has 2 rings (SSSR count). The molecule has 7 nitrogen and oxygen atoms in total. The molecule has 198 valence electrons. The van der Waals surface area contributed by atoms with E-state index in [0.717, 1.165) is 10.6 Å². The van der Waals surface area contributed by atoms with Gasteiger partial charge in [-0.05, 0) is 57.0 Å². The summed E-state index contributed by atoms with van der Waals surface area (Å²) in [4.78, 5) is 28.2. The molecule has 1 unspecified atom stereocenters. The van der Waals surface area contributed by atoms with Gasteiger partial charge >= 0.3 is 0 Å². The zero-order valence-electron chi connectivity index (χ0n) is 20.6. The molecule has 2 amide bonds. The number of hydrogen-bond donors (Lipinski definition) is 1. The molecule has 2 aromatic rings. The van der Waals surface area contributed by atoms with Gasteiger partial charge in [-0.2, -0.15) is 0 Å². The third kappa shape index (κ3) is 8.42. The number of nitrogens with one attached hydrogen (secondary N) is 1. The fraction of sp³-hybridized carbons (Fsp3) is 0.417. The van der Waals surface area contributed by atoms with Crippen molar-refractivity contribution < 1.29 is 18.0 Å². The van der Waals surface area contributed by atoms with Gasteiger partial charge in [0.2, 0.25) is 21.8 Å². The number of amides is 2. The lowest BCUT2D eigenvalue weighted by atomic mass is 10.1. The Morgan fingerprint density at radius 3 is 2.03 bits per heavy atom. The lowest BCUT2D eigenvalue weighted by Gasteiger charge is -2.34. The summed E-state index contributed by atoms with van der Waals surface area (Å²) in [6.07, 6.45) is 1.25. The SMILES string of the molecule is CCC(C(=O)NC(C)(C)C)N(Cc1ccc(Cl)cc1)C(=O)CN(c1cc(Cl)c(Cl)cc1Cl)S(C)(=O)=O. The van der Waals surface area contributed by atoms with Crippen LogP contribution >= 0.6 is 46.4 Å². The highest BCUT2D eigenvalue weighted by molar-refractivity contribution is 7.92. The number of carbonyl (C=O) groups excluding carboxylic acids is 2. The van der Waals surface area contributed by atoms with Crippen molar-refractivity contribution in [3.63, 3.8) is 0 Å². The van der Waals surface area contributed by atoms with E-state index in [0.29, 0.717) is 17.0 Å². The number of anilines is 1. The van der Waals surface area contributed by atoms with Crippen molar-refractivity contribution in [2.24, 2.45) is 0 Å². The summed E-state index contributed by atoms with van der Waals surface area (Å²) in [5.74, 6) is -0.959. The van der Waals surface area contributed by atoms with Gasteiger partial charge in [-0.3, -0.25) is 13.9 Å². The van der Waals surface area contributed by atoms with Crippen molar-refractivity contribution in [3.8, 4) is 0 Å². The number of rotatable bonds is 9.